The van der Waals surface area contributed by atoms with E-state index in [1.54, 1.807) is 36.4 Å². The number of benzene rings is 2. The number of amides is 1. The molecule has 9 nitrogen and oxygen atoms in total. The van der Waals surface area contributed by atoms with Gasteiger partial charge < -0.3 is 0 Å². The molecule has 0 aliphatic heterocycles. The van der Waals surface area contributed by atoms with Gasteiger partial charge in [0.05, 0.1) is 5.69 Å². The quantitative estimate of drug-likeness (QED) is 0.601. The van der Waals surface area contributed by atoms with E-state index in [1.165, 1.54) is 29.2 Å². The molecular formula is C16H13ClN6O3S. The van der Waals surface area contributed by atoms with E-state index in [4.69, 9.17) is 11.6 Å². The molecule has 0 unspecified atom stereocenters. The van der Waals surface area contributed by atoms with E-state index >= 15 is 0 Å². The van der Waals surface area contributed by atoms with Crippen LogP contribution in [0.1, 0.15) is 15.9 Å². The molecule has 1 heterocycles. The van der Waals surface area contributed by atoms with Gasteiger partial charge in [-0.2, -0.15) is 0 Å². The summed E-state index contributed by atoms with van der Waals surface area (Å²) in [7, 11) is -3.86. The number of nitrogens with zero attached hydrogens (tertiary/aromatic N) is 4. The molecule has 0 fully saturated rings. The molecule has 0 bridgehead atoms. The third kappa shape index (κ3) is 5.20. The van der Waals surface area contributed by atoms with Crippen molar-refractivity contribution in [3.63, 3.8) is 0 Å². The number of carbonyl (C=O) groups is 1. The van der Waals surface area contributed by atoms with E-state index in [0.29, 0.717) is 16.3 Å². The SMILES string of the molecule is O=C(NNS(=O)(=O)/C=C/c1ccc(Cl)cc1)c1ccc(-n2cnnn2)cc1. The highest BCUT2D eigenvalue weighted by Gasteiger charge is 2.10. The lowest BCUT2D eigenvalue weighted by molar-refractivity contribution is 0.0945. The van der Waals surface area contributed by atoms with E-state index in [0.717, 1.165) is 5.41 Å². The Bertz CT molecular complexity index is 1050. The number of carbonyl (C=O) groups excluding carboxylic acids is 1. The van der Waals surface area contributed by atoms with Crippen molar-refractivity contribution in [2.45, 2.75) is 0 Å². The lowest BCUT2D eigenvalue weighted by Gasteiger charge is -2.06. The van der Waals surface area contributed by atoms with E-state index in [2.05, 4.69) is 21.0 Å². The molecule has 27 heavy (non-hydrogen) atoms. The molecule has 2 aromatic carbocycles. The van der Waals surface area contributed by atoms with Crippen molar-refractivity contribution in [3.8, 4) is 5.69 Å². The minimum Gasteiger partial charge on any atom is -0.274 e. The van der Waals surface area contributed by atoms with Crippen molar-refractivity contribution in [2.75, 3.05) is 0 Å². The normalized spacial score (nSPS) is 11.6. The molecule has 0 spiro atoms. The molecule has 0 radical (unpaired) electrons. The average molecular weight is 405 g/mol. The van der Waals surface area contributed by atoms with Crippen LogP contribution < -0.4 is 10.3 Å². The highest BCUT2D eigenvalue weighted by molar-refractivity contribution is 7.92. The zero-order valence-electron chi connectivity index (χ0n) is 13.7. The topological polar surface area (TPSA) is 119 Å². The van der Waals surface area contributed by atoms with Crippen molar-refractivity contribution >= 4 is 33.6 Å². The fraction of sp³-hybridized carbons (Fsp3) is 0. The summed E-state index contributed by atoms with van der Waals surface area (Å²) >= 11 is 5.77. The van der Waals surface area contributed by atoms with Gasteiger partial charge in [-0.3, -0.25) is 10.2 Å². The van der Waals surface area contributed by atoms with E-state index in [1.807, 2.05) is 4.83 Å². The summed E-state index contributed by atoms with van der Waals surface area (Å²) in [6.45, 7) is 0. The number of hydrazine groups is 1. The number of tetrazole rings is 1. The molecule has 138 valence electrons. The van der Waals surface area contributed by atoms with Crippen LogP contribution in [0.4, 0.5) is 0 Å². The number of halogens is 1. The Kier molecular flexibility index (Phi) is 5.60. The highest BCUT2D eigenvalue weighted by atomic mass is 35.5. The number of hydrogen-bond donors (Lipinski definition) is 2. The van der Waals surface area contributed by atoms with Gasteiger partial charge in [0.15, 0.2) is 0 Å². The fourth-order valence-electron chi connectivity index (χ4n) is 2.01. The van der Waals surface area contributed by atoms with Gasteiger partial charge in [0.25, 0.3) is 15.9 Å². The van der Waals surface area contributed by atoms with Crippen LogP contribution in [0.3, 0.4) is 0 Å². The molecule has 3 rings (SSSR count). The predicted octanol–water partition coefficient (Wildman–Crippen LogP) is 1.55. The minimum atomic E-state index is -3.86. The summed E-state index contributed by atoms with van der Waals surface area (Å²) < 4.78 is 25.3. The summed E-state index contributed by atoms with van der Waals surface area (Å²) in [5.74, 6) is -0.610. The maximum absolute atomic E-state index is 12.1. The molecule has 1 aromatic heterocycles. The lowest BCUT2D eigenvalue weighted by Crippen LogP contribution is -2.40. The molecular weight excluding hydrogens is 392 g/mol. The molecule has 11 heteroatoms. The Morgan fingerprint density at radius 3 is 2.41 bits per heavy atom. The summed E-state index contributed by atoms with van der Waals surface area (Å²) in [4.78, 5) is 14.1. The molecule has 0 aliphatic rings. The standard InChI is InChI=1S/C16H13ClN6O3S/c17-14-5-1-12(2-6-14)9-10-27(25,26)22-19-16(24)13-3-7-15(8-4-13)23-11-18-20-21-23/h1-11,22H,(H,19,24)/b10-9+. The first kappa shape index (κ1) is 18.7. The molecule has 3 aromatic rings. The third-order valence-corrected chi connectivity index (χ3v) is 4.49. The van der Waals surface area contributed by atoms with Crippen LogP contribution in [0.2, 0.25) is 5.02 Å². The van der Waals surface area contributed by atoms with Gasteiger partial charge in [-0.15, -0.1) is 9.93 Å². The van der Waals surface area contributed by atoms with Crippen molar-refractivity contribution in [2.24, 2.45) is 0 Å². The van der Waals surface area contributed by atoms with Gasteiger partial charge in [-0.1, -0.05) is 23.7 Å². The molecule has 1 amide bonds. The summed E-state index contributed by atoms with van der Waals surface area (Å²) in [5.41, 5.74) is 3.71. The third-order valence-electron chi connectivity index (χ3n) is 3.36. The van der Waals surface area contributed by atoms with Crippen molar-refractivity contribution < 1.29 is 13.2 Å². The van der Waals surface area contributed by atoms with E-state index in [9.17, 15) is 13.2 Å². The zero-order valence-corrected chi connectivity index (χ0v) is 15.2. The van der Waals surface area contributed by atoms with E-state index < -0.39 is 15.9 Å². The number of aromatic nitrogens is 4. The van der Waals surface area contributed by atoms with Crippen LogP contribution in [-0.4, -0.2) is 34.5 Å². The number of sulfonamides is 1. The molecule has 2 N–H and O–H groups in total. The maximum Gasteiger partial charge on any atom is 0.266 e. The average Bonchev–Trinajstić information content (AvgIpc) is 3.21. The van der Waals surface area contributed by atoms with Gasteiger partial charge >= 0.3 is 0 Å². The van der Waals surface area contributed by atoms with Gasteiger partial charge in [0.2, 0.25) is 0 Å². The molecule has 0 atom stereocenters. The first-order valence-corrected chi connectivity index (χ1v) is 9.45. The van der Waals surface area contributed by atoms with Crippen LogP contribution >= 0.6 is 11.6 Å². The van der Waals surface area contributed by atoms with Gasteiger partial charge in [0, 0.05) is 16.0 Å². The lowest BCUT2D eigenvalue weighted by atomic mass is 10.2. The van der Waals surface area contributed by atoms with Gasteiger partial charge in [-0.25, -0.2) is 13.1 Å². The number of nitrogens with one attached hydrogen (secondary N) is 2. The Morgan fingerprint density at radius 2 is 1.78 bits per heavy atom. The number of rotatable bonds is 6. The van der Waals surface area contributed by atoms with Crippen LogP contribution in [0, 0.1) is 0 Å². The minimum absolute atomic E-state index is 0.260. The maximum atomic E-state index is 12.1. The van der Waals surface area contributed by atoms with Crippen molar-refractivity contribution in [1.29, 1.82) is 0 Å². The Hall–Kier alpha value is -3.08. The second-order valence-electron chi connectivity index (χ2n) is 5.26. The summed E-state index contributed by atoms with van der Waals surface area (Å²) in [6, 6.07) is 12.9. The van der Waals surface area contributed by atoms with Crippen molar-refractivity contribution in [1.82, 2.24) is 30.5 Å². The van der Waals surface area contributed by atoms with Gasteiger partial charge in [0.1, 0.15) is 6.33 Å². The Labute approximate surface area is 159 Å². The Morgan fingerprint density at radius 1 is 1.07 bits per heavy atom. The summed E-state index contributed by atoms with van der Waals surface area (Å²) in [5, 5.41) is 12.3. The van der Waals surface area contributed by atoms with Crippen LogP contribution in [-0.2, 0) is 10.0 Å². The molecule has 0 aliphatic carbocycles. The van der Waals surface area contributed by atoms with Crippen molar-refractivity contribution in [3.05, 3.63) is 76.4 Å². The Balaban J connectivity index is 1.59. The highest BCUT2D eigenvalue weighted by Crippen LogP contribution is 2.11. The number of hydrogen-bond acceptors (Lipinski definition) is 6. The second kappa shape index (κ2) is 8.08. The second-order valence-corrected chi connectivity index (χ2v) is 7.26. The van der Waals surface area contributed by atoms with Gasteiger partial charge in [-0.05, 0) is 58.5 Å². The van der Waals surface area contributed by atoms with Crippen LogP contribution in [0.25, 0.3) is 11.8 Å². The molecule has 0 saturated carbocycles. The van der Waals surface area contributed by atoms with Crippen LogP contribution in [0.5, 0.6) is 0 Å². The summed E-state index contributed by atoms with van der Waals surface area (Å²) in [6.07, 6.45) is 2.79. The van der Waals surface area contributed by atoms with Crippen LogP contribution in [0.15, 0.2) is 60.3 Å². The first-order chi connectivity index (χ1) is 12.9. The largest absolute Gasteiger partial charge is 0.274 e. The first-order valence-electron chi connectivity index (χ1n) is 7.52. The van der Waals surface area contributed by atoms with E-state index in [-0.39, 0.29) is 5.56 Å². The fourth-order valence-corrected chi connectivity index (χ4v) is 2.78. The monoisotopic (exact) mass is 404 g/mol. The zero-order chi connectivity index (χ0) is 19.3. The predicted molar refractivity (Wildman–Crippen MR) is 99.2 cm³/mol. The smallest absolute Gasteiger partial charge is 0.266 e. The molecule has 0 saturated heterocycles.